The highest BCUT2D eigenvalue weighted by Crippen LogP contribution is 2.30. The van der Waals surface area contributed by atoms with Gasteiger partial charge in [0.2, 0.25) is 17.7 Å². The molecule has 1 heterocycles. The maximum atomic E-state index is 12.8. The first-order valence-electron chi connectivity index (χ1n) is 8.38. The van der Waals surface area contributed by atoms with Crippen LogP contribution in [-0.4, -0.2) is 29.0 Å². The minimum atomic E-state index is -4.49. The molecule has 150 valence electrons. The molecule has 2 rings (SSSR count). The summed E-state index contributed by atoms with van der Waals surface area (Å²) < 4.78 is 43.7. The number of nitrogens with two attached hydrogens (primary N) is 1. The summed E-state index contributed by atoms with van der Waals surface area (Å²) in [6.07, 6.45) is -1.06. The number of nitrogens with one attached hydrogen (secondary N) is 2. The molecule has 10 heteroatoms. The van der Waals surface area contributed by atoms with Crippen molar-refractivity contribution in [1.82, 2.24) is 9.97 Å². The lowest BCUT2D eigenvalue weighted by Crippen LogP contribution is -2.23. The summed E-state index contributed by atoms with van der Waals surface area (Å²) in [6.45, 7) is 3.68. The summed E-state index contributed by atoms with van der Waals surface area (Å²) in [5.41, 5.74) is 5.36. The number of benzene rings is 1. The highest BCUT2D eigenvalue weighted by molar-refractivity contribution is 5.94. The second-order valence-corrected chi connectivity index (χ2v) is 5.56. The first-order chi connectivity index (χ1) is 13.2. The van der Waals surface area contributed by atoms with Crippen LogP contribution in [0.1, 0.15) is 25.0 Å². The molecule has 7 nitrogen and oxygen atoms in total. The van der Waals surface area contributed by atoms with E-state index in [2.05, 4.69) is 20.6 Å². The lowest BCUT2D eigenvalue weighted by Gasteiger charge is -2.14. The molecule has 0 atom stereocenters. The van der Waals surface area contributed by atoms with E-state index in [1.54, 1.807) is 26.0 Å². The standard InChI is InChI=1S/C18H20F3N5O2/c1-3-6-13-15(25-17(22)26-16(13)28-4-2)23-10-14(27)24-12-8-5-7-11(9-12)18(19,20)21/h3,5-9H,4,10H2,1-2H3,(H,24,27)(H3,22,23,25,26)/b6-3+. The number of carbonyl (C=O) groups is 1. The molecule has 0 saturated carbocycles. The van der Waals surface area contributed by atoms with Gasteiger partial charge in [-0.2, -0.15) is 23.1 Å². The number of nitrogen functional groups attached to an aromatic ring is 1. The largest absolute Gasteiger partial charge is 0.477 e. The molecule has 0 aliphatic heterocycles. The Morgan fingerprint density at radius 3 is 2.71 bits per heavy atom. The second kappa shape index (κ2) is 9.07. The predicted octanol–water partition coefficient (Wildman–Crippen LogP) is 3.56. The number of halogens is 3. The van der Waals surface area contributed by atoms with Crippen molar-refractivity contribution >= 4 is 29.4 Å². The Morgan fingerprint density at radius 2 is 2.07 bits per heavy atom. The van der Waals surface area contributed by atoms with E-state index in [9.17, 15) is 18.0 Å². The quantitative estimate of drug-likeness (QED) is 0.663. The van der Waals surface area contributed by atoms with Crippen molar-refractivity contribution in [1.29, 1.82) is 0 Å². The van der Waals surface area contributed by atoms with E-state index in [1.165, 1.54) is 12.1 Å². The Kier molecular flexibility index (Phi) is 6.80. The van der Waals surface area contributed by atoms with Crippen LogP contribution in [0.15, 0.2) is 30.3 Å². The Bertz CT molecular complexity index is 869. The van der Waals surface area contributed by atoms with Gasteiger partial charge in [0.05, 0.1) is 24.3 Å². The molecule has 0 aliphatic carbocycles. The fraction of sp³-hybridized carbons (Fsp3) is 0.278. The molecule has 0 saturated heterocycles. The van der Waals surface area contributed by atoms with Gasteiger partial charge in [0, 0.05) is 5.69 Å². The van der Waals surface area contributed by atoms with E-state index in [-0.39, 0.29) is 29.9 Å². The molecule has 0 fully saturated rings. The third-order valence-corrected chi connectivity index (χ3v) is 3.43. The van der Waals surface area contributed by atoms with Gasteiger partial charge in [0.25, 0.3) is 0 Å². The maximum absolute atomic E-state index is 12.8. The summed E-state index contributed by atoms with van der Waals surface area (Å²) >= 11 is 0. The lowest BCUT2D eigenvalue weighted by molar-refractivity contribution is -0.137. The van der Waals surface area contributed by atoms with Crippen LogP contribution in [0.4, 0.5) is 30.6 Å². The summed E-state index contributed by atoms with van der Waals surface area (Å²) in [4.78, 5) is 20.2. The van der Waals surface area contributed by atoms with Gasteiger partial charge in [-0.15, -0.1) is 0 Å². The van der Waals surface area contributed by atoms with Gasteiger partial charge in [-0.1, -0.05) is 18.2 Å². The fourth-order valence-electron chi connectivity index (χ4n) is 2.31. The molecule has 0 spiro atoms. The molecule has 2 aromatic rings. The number of ether oxygens (including phenoxy) is 1. The summed E-state index contributed by atoms with van der Waals surface area (Å²) in [5, 5.41) is 5.21. The fourth-order valence-corrected chi connectivity index (χ4v) is 2.31. The Morgan fingerprint density at radius 1 is 1.32 bits per heavy atom. The number of carbonyl (C=O) groups excluding carboxylic acids is 1. The molecule has 28 heavy (non-hydrogen) atoms. The number of amides is 1. The van der Waals surface area contributed by atoms with Gasteiger partial charge in [-0.05, 0) is 32.0 Å². The van der Waals surface area contributed by atoms with Gasteiger partial charge in [0.1, 0.15) is 5.82 Å². The number of nitrogens with zero attached hydrogens (tertiary/aromatic N) is 2. The van der Waals surface area contributed by atoms with Crippen LogP contribution in [-0.2, 0) is 11.0 Å². The van der Waals surface area contributed by atoms with Crippen molar-refractivity contribution in [2.75, 3.05) is 29.5 Å². The molecular formula is C18H20F3N5O2. The summed E-state index contributed by atoms with van der Waals surface area (Å²) in [6, 6.07) is 4.37. The zero-order chi connectivity index (χ0) is 20.7. The Balaban J connectivity index is 2.13. The predicted molar refractivity (Wildman–Crippen MR) is 101 cm³/mol. The monoisotopic (exact) mass is 395 g/mol. The number of anilines is 3. The van der Waals surface area contributed by atoms with Gasteiger partial charge in [-0.3, -0.25) is 4.79 Å². The molecule has 0 radical (unpaired) electrons. The van der Waals surface area contributed by atoms with Crippen LogP contribution in [0, 0.1) is 0 Å². The summed E-state index contributed by atoms with van der Waals surface area (Å²) in [7, 11) is 0. The number of rotatable bonds is 7. The third kappa shape index (κ3) is 5.60. The van der Waals surface area contributed by atoms with Crippen molar-refractivity contribution in [2.45, 2.75) is 20.0 Å². The van der Waals surface area contributed by atoms with Crippen LogP contribution >= 0.6 is 0 Å². The first kappa shape index (κ1) is 21.0. The van der Waals surface area contributed by atoms with E-state index in [0.717, 1.165) is 12.1 Å². The zero-order valence-corrected chi connectivity index (χ0v) is 15.3. The minimum Gasteiger partial charge on any atom is -0.477 e. The van der Waals surface area contributed by atoms with Crippen molar-refractivity contribution in [3.05, 3.63) is 41.5 Å². The van der Waals surface area contributed by atoms with Crippen molar-refractivity contribution < 1.29 is 22.7 Å². The molecule has 1 amide bonds. The molecule has 0 bridgehead atoms. The average molecular weight is 395 g/mol. The molecular weight excluding hydrogens is 375 g/mol. The Hall–Kier alpha value is -3.30. The van der Waals surface area contributed by atoms with Crippen molar-refractivity contribution in [3.8, 4) is 5.88 Å². The third-order valence-electron chi connectivity index (χ3n) is 3.43. The molecule has 1 aromatic heterocycles. The molecule has 1 aromatic carbocycles. The highest BCUT2D eigenvalue weighted by Gasteiger charge is 2.30. The highest BCUT2D eigenvalue weighted by atomic mass is 19.4. The smallest absolute Gasteiger partial charge is 0.416 e. The lowest BCUT2D eigenvalue weighted by atomic mass is 10.2. The second-order valence-electron chi connectivity index (χ2n) is 5.56. The average Bonchev–Trinajstić information content (AvgIpc) is 2.62. The van der Waals surface area contributed by atoms with Crippen LogP contribution < -0.4 is 21.1 Å². The van der Waals surface area contributed by atoms with E-state index in [1.807, 2.05) is 0 Å². The number of alkyl halides is 3. The molecule has 0 aliphatic rings. The van der Waals surface area contributed by atoms with E-state index >= 15 is 0 Å². The Labute approximate surface area is 159 Å². The number of hydrogen-bond acceptors (Lipinski definition) is 6. The van der Waals surface area contributed by atoms with Crippen LogP contribution in [0.3, 0.4) is 0 Å². The first-order valence-corrected chi connectivity index (χ1v) is 8.38. The van der Waals surface area contributed by atoms with Crippen molar-refractivity contribution in [2.24, 2.45) is 0 Å². The van der Waals surface area contributed by atoms with E-state index in [0.29, 0.717) is 12.2 Å². The molecule has 4 N–H and O–H groups in total. The van der Waals surface area contributed by atoms with Gasteiger partial charge in [0.15, 0.2) is 0 Å². The van der Waals surface area contributed by atoms with Gasteiger partial charge in [-0.25, -0.2) is 0 Å². The molecule has 0 unspecified atom stereocenters. The van der Waals surface area contributed by atoms with Gasteiger partial charge < -0.3 is 21.1 Å². The van der Waals surface area contributed by atoms with E-state index in [4.69, 9.17) is 10.5 Å². The maximum Gasteiger partial charge on any atom is 0.416 e. The van der Waals surface area contributed by atoms with Crippen LogP contribution in [0.5, 0.6) is 5.88 Å². The minimum absolute atomic E-state index is 0.0347. The van der Waals surface area contributed by atoms with Crippen LogP contribution in [0.2, 0.25) is 0 Å². The normalized spacial score (nSPS) is 11.5. The van der Waals surface area contributed by atoms with E-state index < -0.39 is 17.6 Å². The van der Waals surface area contributed by atoms with Gasteiger partial charge >= 0.3 is 6.18 Å². The SMILES string of the molecule is C/C=C/c1c(NCC(=O)Nc2cccc(C(F)(F)F)c2)nc(N)nc1OCC. The zero-order valence-electron chi connectivity index (χ0n) is 15.3. The number of hydrogen-bond donors (Lipinski definition) is 3. The number of aromatic nitrogens is 2. The van der Waals surface area contributed by atoms with Crippen LogP contribution in [0.25, 0.3) is 6.08 Å². The topological polar surface area (TPSA) is 102 Å². The van der Waals surface area contributed by atoms with Crippen molar-refractivity contribution in [3.63, 3.8) is 0 Å². The number of allylic oxidation sites excluding steroid dienone is 1. The summed E-state index contributed by atoms with van der Waals surface area (Å²) in [5.74, 6) is -0.0690.